The van der Waals surface area contributed by atoms with E-state index < -0.39 is 5.76 Å². The van der Waals surface area contributed by atoms with E-state index in [0.29, 0.717) is 24.1 Å². The van der Waals surface area contributed by atoms with Crippen LogP contribution in [0.15, 0.2) is 45.3 Å². The van der Waals surface area contributed by atoms with E-state index in [1.54, 1.807) is 24.3 Å². The van der Waals surface area contributed by atoms with Crippen molar-refractivity contribution in [3.05, 3.63) is 46.6 Å². The summed E-state index contributed by atoms with van der Waals surface area (Å²) in [4.78, 5) is 36.2. The zero-order valence-electron chi connectivity index (χ0n) is 14.4. The summed E-state index contributed by atoms with van der Waals surface area (Å²) in [5.41, 5.74) is 1.81. The average Bonchev–Trinajstić information content (AvgIpc) is 2.96. The first kappa shape index (κ1) is 16.6. The molecule has 0 spiro atoms. The highest BCUT2D eigenvalue weighted by molar-refractivity contribution is 5.81. The smallest absolute Gasteiger partial charge is 0.408 e. The third-order valence-electron chi connectivity index (χ3n) is 5.38. The monoisotopic (exact) mass is 355 g/mol. The first-order valence-corrected chi connectivity index (χ1v) is 8.93. The number of allylic oxidation sites excluding steroid dienone is 1. The van der Waals surface area contributed by atoms with E-state index in [1.165, 1.54) is 4.57 Å². The predicted molar refractivity (Wildman–Crippen MR) is 95.2 cm³/mol. The molecule has 2 aliphatic rings. The molecule has 1 unspecified atom stereocenters. The van der Waals surface area contributed by atoms with Crippen LogP contribution in [0.5, 0.6) is 0 Å². The predicted octanol–water partition coefficient (Wildman–Crippen LogP) is 1.67. The molecule has 2 amide bonds. The Labute approximate surface area is 150 Å². The summed E-state index contributed by atoms with van der Waals surface area (Å²) >= 11 is 0. The fourth-order valence-corrected chi connectivity index (χ4v) is 3.95. The van der Waals surface area contributed by atoms with Crippen molar-refractivity contribution in [2.24, 2.45) is 5.41 Å². The quantitative estimate of drug-likeness (QED) is 0.872. The third kappa shape index (κ3) is 2.94. The Balaban J connectivity index is 1.47. The van der Waals surface area contributed by atoms with E-state index in [2.05, 4.69) is 16.7 Å². The van der Waals surface area contributed by atoms with Gasteiger partial charge in [-0.05, 0) is 37.8 Å². The lowest BCUT2D eigenvalue weighted by Crippen LogP contribution is -2.49. The van der Waals surface area contributed by atoms with E-state index >= 15 is 0 Å². The number of piperidine rings is 1. The Bertz CT molecular complexity index is 955. The minimum absolute atomic E-state index is 0.0384. The van der Waals surface area contributed by atoms with Crippen LogP contribution in [0.2, 0.25) is 0 Å². The summed E-state index contributed by atoms with van der Waals surface area (Å²) in [6.07, 6.45) is 6.20. The van der Waals surface area contributed by atoms with Crippen LogP contribution in [0.25, 0.3) is 11.1 Å². The molecular formula is C19H21N3O4. The van der Waals surface area contributed by atoms with Crippen LogP contribution in [-0.2, 0) is 16.1 Å². The van der Waals surface area contributed by atoms with Gasteiger partial charge in [0.25, 0.3) is 0 Å². The molecule has 0 bridgehead atoms. The summed E-state index contributed by atoms with van der Waals surface area (Å²) in [5.74, 6) is -0.742. The molecule has 7 heteroatoms. The van der Waals surface area contributed by atoms with Crippen molar-refractivity contribution in [2.75, 3.05) is 6.54 Å². The molecule has 2 N–H and O–H groups in total. The van der Waals surface area contributed by atoms with Gasteiger partial charge in [0.1, 0.15) is 6.54 Å². The van der Waals surface area contributed by atoms with Crippen molar-refractivity contribution in [3.63, 3.8) is 0 Å². The van der Waals surface area contributed by atoms with Gasteiger partial charge in [-0.2, -0.15) is 0 Å². The average molecular weight is 355 g/mol. The van der Waals surface area contributed by atoms with E-state index in [0.717, 1.165) is 31.4 Å². The van der Waals surface area contributed by atoms with Gasteiger partial charge < -0.3 is 15.1 Å². The standard InChI is InChI=1S/C19H21N3O4/c23-16-8-10-19(9-4-3-7-15(19)21-16)12-20-17(24)11-22-13-5-1-2-6-14(13)26-18(22)25/h1-2,5-7H,3-4,8-12H2,(H,20,24)(H,21,23). The lowest BCUT2D eigenvalue weighted by molar-refractivity contribution is -0.123. The van der Waals surface area contributed by atoms with E-state index in [1.807, 2.05) is 0 Å². The Kier molecular flexibility index (Phi) is 4.14. The van der Waals surface area contributed by atoms with Crippen LogP contribution in [0.4, 0.5) is 0 Å². The normalized spacial score (nSPS) is 22.5. The number of hydrogen-bond acceptors (Lipinski definition) is 4. The number of carbonyl (C=O) groups excluding carboxylic acids is 2. The van der Waals surface area contributed by atoms with E-state index in [-0.39, 0.29) is 23.8 Å². The van der Waals surface area contributed by atoms with Crippen LogP contribution in [0.3, 0.4) is 0 Å². The van der Waals surface area contributed by atoms with Crippen molar-refractivity contribution in [1.82, 2.24) is 15.2 Å². The van der Waals surface area contributed by atoms with Gasteiger partial charge in [-0.15, -0.1) is 0 Å². The topological polar surface area (TPSA) is 93.3 Å². The fourth-order valence-electron chi connectivity index (χ4n) is 3.95. The maximum atomic E-state index is 12.5. The molecule has 4 rings (SSSR count). The number of hydrogen-bond donors (Lipinski definition) is 2. The second-order valence-electron chi connectivity index (χ2n) is 7.04. The van der Waals surface area contributed by atoms with Gasteiger partial charge in [0.15, 0.2) is 5.58 Å². The first-order valence-electron chi connectivity index (χ1n) is 8.93. The van der Waals surface area contributed by atoms with Gasteiger partial charge in [0.2, 0.25) is 11.8 Å². The number of rotatable bonds is 4. The van der Waals surface area contributed by atoms with Crippen LogP contribution < -0.4 is 16.4 Å². The number of nitrogens with zero attached hydrogens (tertiary/aromatic N) is 1. The summed E-state index contributed by atoms with van der Waals surface area (Å²) in [6, 6.07) is 7.04. The Morgan fingerprint density at radius 2 is 2.12 bits per heavy atom. The molecule has 1 atom stereocenters. The number of fused-ring (bicyclic) bond motifs is 2. The number of nitrogens with one attached hydrogen (secondary N) is 2. The zero-order chi connectivity index (χ0) is 18.1. The number of aromatic nitrogens is 1. The van der Waals surface area contributed by atoms with Crippen LogP contribution in [0.1, 0.15) is 32.1 Å². The molecule has 0 radical (unpaired) electrons. The van der Waals surface area contributed by atoms with Gasteiger partial charge in [-0.25, -0.2) is 4.79 Å². The lowest BCUT2D eigenvalue weighted by atomic mass is 9.70. The number of oxazole rings is 1. The lowest BCUT2D eigenvalue weighted by Gasteiger charge is -2.42. The number of benzene rings is 1. The highest BCUT2D eigenvalue weighted by Gasteiger charge is 2.40. The van der Waals surface area contributed by atoms with Gasteiger partial charge in [0, 0.05) is 24.1 Å². The van der Waals surface area contributed by atoms with Crippen molar-refractivity contribution >= 4 is 22.9 Å². The van der Waals surface area contributed by atoms with Gasteiger partial charge in [-0.3, -0.25) is 14.2 Å². The molecule has 136 valence electrons. The summed E-state index contributed by atoms with van der Waals surface area (Å²) in [5, 5.41) is 5.92. The van der Waals surface area contributed by atoms with Gasteiger partial charge in [-0.1, -0.05) is 18.2 Å². The molecule has 2 heterocycles. The van der Waals surface area contributed by atoms with Crippen LogP contribution in [-0.4, -0.2) is 22.9 Å². The van der Waals surface area contributed by atoms with Crippen molar-refractivity contribution in [2.45, 2.75) is 38.6 Å². The molecule has 26 heavy (non-hydrogen) atoms. The molecule has 1 aromatic heterocycles. The largest absolute Gasteiger partial charge is 0.420 e. The van der Waals surface area contributed by atoms with Crippen molar-refractivity contribution in [1.29, 1.82) is 0 Å². The minimum atomic E-state index is -0.539. The highest BCUT2D eigenvalue weighted by atomic mass is 16.4. The third-order valence-corrected chi connectivity index (χ3v) is 5.38. The molecule has 1 fully saturated rings. The van der Waals surface area contributed by atoms with Crippen molar-refractivity contribution in [3.8, 4) is 0 Å². The van der Waals surface area contributed by atoms with E-state index in [4.69, 9.17) is 4.42 Å². The molecule has 1 aliphatic carbocycles. The molecule has 0 saturated carbocycles. The number of amides is 2. The summed E-state index contributed by atoms with van der Waals surface area (Å²) in [6.45, 7) is 0.375. The van der Waals surface area contributed by atoms with Gasteiger partial charge in [0.05, 0.1) is 5.52 Å². The van der Waals surface area contributed by atoms with Crippen molar-refractivity contribution < 1.29 is 14.0 Å². The zero-order valence-corrected chi connectivity index (χ0v) is 14.4. The number of para-hydroxylation sites is 2. The Hall–Kier alpha value is -2.83. The van der Waals surface area contributed by atoms with Gasteiger partial charge >= 0.3 is 5.76 Å². The molecule has 1 saturated heterocycles. The highest BCUT2D eigenvalue weighted by Crippen LogP contribution is 2.42. The molecule has 1 aliphatic heterocycles. The maximum Gasteiger partial charge on any atom is 0.420 e. The Morgan fingerprint density at radius 1 is 1.27 bits per heavy atom. The molecular weight excluding hydrogens is 334 g/mol. The SMILES string of the molecule is O=C(Cn1c(=O)oc2ccccc21)NCC12CCCC=C1NC(=O)CC2. The second kappa shape index (κ2) is 6.48. The van der Waals surface area contributed by atoms with Crippen LogP contribution in [0, 0.1) is 5.41 Å². The molecule has 2 aromatic rings. The molecule has 1 aromatic carbocycles. The number of carbonyl (C=O) groups is 2. The second-order valence-corrected chi connectivity index (χ2v) is 7.04. The molecule has 7 nitrogen and oxygen atoms in total. The summed E-state index contributed by atoms with van der Waals surface area (Å²) < 4.78 is 6.50. The van der Waals surface area contributed by atoms with Crippen LogP contribution >= 0.6 is 0 Å². The van der Waals surface area contributed by atoms with E-state index in [9.17, 15) is 14.4 Å². The Morgan fingerprint density at radius 3 is 3.00 bits per heavy atom. The fraction of sp³-hybridized carbons (Fsp3) is 0.421. The maximum absolute atomic E-state index is 12.5. The minimum Gasteiger partial charge on any atom is -0.408 e. The summed E-state index contributed by atoms with van der Waals surface area (Å²) in [7, 11) is 0. The first-order chi connectivity index (χ1) is 12.6.